The minimum absolute atomic E-state index is 0.847. The fourth-order valence-corrected chi connectivity index (χ4v) is 8.87. The van der Waals surface area contributed by atoms with Crippen molar-refractivity contribution < 1.29 is 0 Å². The van der Waals surface area contributed by atoms with Crippen molar-refractivity contribution in [1.29, 1.82) is 0 Å². The summed E-state index contributed by atoms with van der Waals surface area (Å²) in [6.07, 6.45) is 11.0. The number of anilines is 3. The number of hydrogen-bond acceptors (Lipinski definition) is 7. The minimum atomic E-state index is 0.847. The molecule has 7 heteroatoms. The van der Waals surface area contributed by atoms with E-state index in [2.05, 4.69) is 116 Å². The molecule has 0 atom stereocenters. The number of hydrogen-bond donors (Lipinski definition) is 0. The number of aromatic nitrogens is 6. The zero-order valence-electron chi connectivity index (χ0n) is 35.2. The summed E-state index contributed by atoms with van der Waals surface area (Å²) in [5.41, 5.74) is 21.8. The minimum Gasteiger partial charge on any atom is -0.310 e. The SMILES string of the molecule is Cc1cc(N(c2cc(C)c(-c3cccnc3-c3ccccn3)c(C)c2)c2cc(C)c(-c3cccnc3-c3ccccn3)c(C)c2)cc(C)c1-c1cccnc1-c1ccccn1. The van der Waals surface area contributed by atoms with Crippen LogP contribution < -0.4 is 4.90 Å². The molecule has 0 fully saturated rings. The van der Waals surface area contributed by atoms with Crippen LogP contribution in [-0.2, 0) is 0 Å². The average molecular weight is 792 g/mol. The van der Waals surface area contributed by atoms with Gasteiger partial charge in [-0.05, 0) is 183 Å². The van der Waals surface area contributed by atoms with E-state index in [1.165, 1.54) is 0 Å². The standard InChI is InChI=1S/C54H45N7/c1-34-28-40(29-35(2)49(34)43-16-13-25-58-52(43)46-19-7-10-22-55-46)61(41-30-36(3)50(37(4)31-41)44-17-14-26-59-53(44)47-20-8-11-23-56-47)42-32-38(5)51(39(6)33-42)45-18-15-27-60-54(45)48-21-9-12-24-57-48/h7-33H,1-6H3. The number of pyridine rings is 6. The average Bonchev–Trinajstić information content (AvgIpc) is 3.27. The van der Waals surface area contributed by atoms with Crippen LogP contribution in [0, 0.1) is 41.5 Å². The van der Waals surface area contributed by atoms with Crippen molar-refractivity contribution in [3.8, 4) is 67.5 Å². The predicted octanol–water partition coefficient (Wildman–Crippen LogP) is 13.4. The molecule has 61 heavy (non-hydrogen) atoms. The normalized spacial score (nSPS) is 11.1. The van der Waals surface area contributed by atoms with Gasteiger partial charge >= 0.3 is 0 Å². The molecule has 0 aliphatic carbocycles. The third kappa shape index (κ3) is 7.47. The quantitative estimate of drug-likeness (QED) is 0.144. The Hall–Kier alpha value is -7.64. The largest absolute Gasteiger partial charge is 0.310 e. The van der Waals surface area contributed by atoms with E-state index in [0.29, 0.717) is 0 Å². The molecule has 0 radical (unpaired) electrons. The van der Waals surface area contributed by atoms with Gasteiger partial charge in [-0.2, -0.15) is 0 Å². The van der Waals surface area contributed by atoms with Crippen LogP contribution in [0.4, 0.5) is 17.1 Å². The Morgan fingerprint density at radius 1 is 0.295 bits per heavy atom. The monoisotopic (exact) mass is 791 g/mol. The molecule has 0 saturated carbocycles. The highest BCUT2D eigenvalue weighted by Crippen LogP contribution is 2.45. The summed E-state index contributed by atoms with van der Waals surface area (Å²) in [7, 11) is 0. The van der Waals surface area contributed by atoms with Crippen molar-refractivity contribution in [1.82, 2.24) is 29.9 Å². The Balaban J connectivity index is 1.22. The van der Waals surface area contributed by atoms with Gasteiger partial charge in [-0.1, -0.05) is 36.4 Å². The molecule has 3 aromatic carbocycles. The predicted molar refractivity (Wildman–Crippen MR) is 249 cm³/mol. The summed E-state index contributed by atoms with van der Waals surface area (Å²) in [5.74, 6) is 0. The van der Waals surface area contributed by atoms with Crippen LogP contribution in [0.2, 0.25) is 0 Å². The van der Waals surface area contributed by atoms with E-state index in [0.717, 1.165) is 118 Å². The summed E-state index contributed by atoms with van der Waals surface area (Å²) in [4.78, 5) is 30.9. The first kappa shape index (κ1) is 38.9. The van der Waals surface area contributed by atoms with Crippen LogP contribution in [0.15, 0.2) is 165 Å². The molecule has 0 bridgehead atoms. The lowest BCUT2D eigenvalue weighted by Gasteiger charge is -2.30. The summed E-state index contributed by atoms with van der Waals surface area (Å²) in [6, 6.07) is 44.1. The van der Waals surface area contributed by atoms with Crippen molar-refractivity contribution in [3.63, 3.8) is 0 Å². The van der Waals surface area contributed by atoms with E-state index < -0.39 is 0 Å². The molecule has 7 nitrogen and oxygen atoms in total. The van der Waals surface area contributed by atoms with Crippen LogP contribution in [-0.4, -0.2) is 29.9 Å². The molecule has 0 saturated heterocycles. The summed E-state index contributed by atoms with van der Waals surface area (Å²) in [5, 5.41) is 0. The first-order valence-corrected chi connectivity index (χ1v) is 20.5. The lowest BCUT2D eigenvalue weighted by Crippen LogP contribution is -2.13. The molecule has 0 aliphatic rings. The van der Waals surface area contributed by atoms with Crippen LogP contribution in [0.1, 0.15) is 33.4 Å². The molecular formula is C54H45N7. The highest BCUT2D eigenvalue weighted by atomic mass is 15.1. The Morgan fingerprint density at radius 2 is 0.557 bits per heavy atom. The second-order valence-electron chi connectivity index (χ2n) is 15.5. The van der Waals surface area contributed by atoms with Crippen LogP contribution in [0.5, 0.6) is 0 Å². The molecular weight excluding hydrogens is 747 g/mol. The maximum atomic E-state index is 4.83. The van der Waals surface area contributed by atoms with E-state index >= 15 is 0 Å². The van der Waals surface area contributed by atoms with Crippen molar-refractivity contribution >= 4 is 17.1 Å². The van der Waals surface area contributed by atoms with Gasteiger partial charge in [-0.25, -0.2) is 0 Å². The maximum absolute atomic E-state index is 4.83. The Morgan fingerprint density at radius 3 is 0.803 bits per heavy atom. The highest BCUT2D eigenvalue weighted by molar-refractivity contribution is 5.91. The topological polar surface area (TPSA) is 80.6 Å². The first-order chi connectivity index (χ1) is 29.8. The third-order valence-corrected chi connectivity index (χ3v) is 11.3. The second-order valence-corrected chi connectivity index (χ2v) is 15.5. The van der Waals surface area contributed by atoms with Gasteiger partial charge in [-0.15, -0.1) is 0 Å². The Kier molecular flexibility index (Phi) is 10.5. The Bertz CT molecular complexity index is 2640. The van der Waals surface area contributed by atoms with Crippen molar-refractivity contribution in [2.75, 3.05) is 4.90 Å². The number of aryl methyl sites for hydroxylation is 6. The molecule has 0 amide bonds. The number of nitrogens with zero attached hydrogens (tertiary/aromatic N) is 7. The van der Waals surface area contributed by atoms with E-state index in [-0.39, 0.29) is 0 Å². The van der Waals surface area contributed by atoms with Gasteiger partial charge < -0.3 is 4.90 Å². The van der Waals surface area contributed by atoms with Gasteiger partial charge in [-0.3, -0.25) is 29.9 Å². The zero-order chi connectivity index (χ0) is 42.0. The molecule has 296 valence electrons. The molecule has 6 aromatic heterocycles. The van der Waals surface area contributed by atoms with E-state index in [1.807, 2.05) is 110 Å². The van der Waals surface area contributed by atoms with Gasteiger partial charge in [0.25, 0.3) is 0 Å². The summed E-state index contributed by atoms with van der Waals surface area (Å²) < 4.78 is 0. The molecule has 9 rings (SSSR count). The molecule has 0 N–H and O–H groups in total. The Labute approximate surface area is 357 Å². The molecule has 0 aliphatic heterocycles. The van der Waals surface area contributed by atoms with Crippen molar-refractivity contribution in [2.45, 2.75) is 41.5 Å². The van der Waals surface area contributed by atoms with Crippen molar-refractivity contribution in [2.24, 2.45) is 0 Å². The fraction of sp³-hybridized carbons (Fsp3) is 0.111. The fourth-order valence-electron chi connectivity index (χ4n) is 8.87. The lowest BCUT2D eigenvalue weighted by molar-refractivity contribution is 1.21. The summed E-state index contributed by atoms with van der Waals surface area (Å²) in [6.45, 7) is 13.2. The number of rotatable bonds is 9. The zero-order valence-corrected chi connectivity index (χ0v) is 35.2. The molecule has 9 aromatic rings. The smallest absolute Gasteiger partial charge is 0.0964 e. The van der Waals surface area contributed by atoms with Crippen LogP contribution in [0.3, 0.4) is 0 Å². The van der Waals surface area contributed by atoms with Gasteiger partial charge in [0.1, 0.15) is 0 Å². The van der Waals surface area contributed by atoms with Gasteiger partial charge in [0.05, 0.1) is 34.2 Å². The lowest BCUT2D eigenvalue weighted by atomic mass is 9.90. The molecule has 6 heterocycles. The first-order valence-electron chi connectivity index (χ1n) is 20.5. The molecule has 0 spiro atoms. The van der Waals surface area contributed by atoms with Crippen LogP contribution >= 0.6 is 0 Å². The van der Waals surface area contributed by atoms with E-state index in [9.17, 15) is 0 Å². The highest BCUT2D eigenvalue weighted by Gasteiger charge is 2.23. The van der Waals surface area contributed by atoms with E-state index in [1.54, 1.807) is 0 Å². The van der Waals surface area contributed by atoms with Gasteiger partial charge in [0.15, 0.2) is 0 Å². The maximum Gasteiger partial charge on any atom is 0.0964 e. The van der Waals surface area contributed by atoms with E-state index in [4.69, 9.17) is 15.0 Å². The number of benzene rings is 3. The summed E-state index contributed by atoms with van der Waals surface area (Å²) >= 11 is 0. The third-order valence-electron chi connectivity index (χ3n) is 11.3. The van der Waals surface area contributed by atoms with Crippen molar-refractivity contribution in [3.05, 3.63) is 198 Å². The molecule has 0 unspecified atom stereocenters. The van der Waals surface area contributed by atoms with Gasteiger partial charge in [0, 0.05) is 70.9 Å². The van der Waals surface area contributed by atoms with Crippen LogP contribution in [0.25, 0.3) is 67.5 Å². The van der Waals surface area contributed by atoms with Gasteiger partial charge in [0.2, 0.25) is 0 Å². The second kappa shape index (κ2) is 16.5.